The number of benzene rings is 3. The predicted octanol–water partition coefficient (Wildman–Crippen LogP) is 5.05. The summed E-state index contributed by atoms with van der Waals surface area (Å²) in [6.07, 6.45) is 4.28. The second kappa shape index (κ2) is 11.4. The summed E-state index contributed by atoms with van der Waals surface area (Å²) in [5.74, 6) is -2.10. The van der Waals surface area contributed by atoms with Gasteiger partial charge in [-0.15, -0.1) is 10.2 Å². The summed E-state index contributed by atoms with van der Waals surface area (Å²) in [5.41, 5.74) is 0.250. The van der Waals surface area contributed by atoms with E-state index in [1.54, 1.807) is 30.3 Å². The van der Waals surface area contributed by atoms with Gasteiger partial charge < -0.3 is 15.2 Å². The number of phenolic OH excluding ortho intramolecular Hbond substituents is 1. The molecule has 2 aromatic heterocycles. The minimum absolute atomic E-state index is 0.0124. The Morgan fingerprint density at radius 2 is 1.76 bits per heavy atom. The number of ether oxygens (including phenoxy) is 1. The van der Waals surface area contributed by atoms with Crippen molar-refractivity contribution < 1.29 is 24.2 Å². The number of amides is 1. The van der Waals surface area contributed by atoms with Crippen molar-refractivity contribution in [2.45, 2.75) is 6.92 Å². The zero-order valence-electron chi connectivity index (χ0n) is 22.1. The standard InChI is InChI=1S/C29H20N8O5/c1-16(38)18-10-19(28(41)42-2)12-21(11-18)34-27(40)23-13-17-6-3-4-7-22(17)24(25(23)39)35-36-26-20(14-30)15-33-37(26)29-31-8-5-9-32-29/h3-13,15,39H,1-2H3,(H,34,40)/b36-35+. The summed E-state index contributed by atoms with van der Waals surface area (Å²) >= 11 is 0. The van der Waals surface area contributed by atoms with Gasteiger partial charge in [-0.2, -0.15) is 15.0 Å². The van der Waals surface area contributed by atoms with E-state index in [2.05, 4.69) is 30.6 Å². The molecule has 42 heavy (non-hydrogen) atoms. The zero-order chi connectivity index (χ0) is 29.8. The second-order valence-electron chi connectivity index (χ2n) is 8.80. The monoisotopic (exact) mass is 560 g/mol. The minimum Gasteiger partial charge on any atom is -0.505 e. The molecule has 0 radical (unpaired) electrons. The molecule has 3 aromatic carbocycles. The highest BCUT2D eigenvalue weighted by molar-refractivity contribution is 6.12. The Bertz CT molecular complexity index is 1940. The lowest BCUT2D eigenvalue weighted by atomic mass is 10.0. The largest absolute Gasteiger partial charge is 0.505 e. The SMILES string of the molecule is COC(=O)c1cc(NC(=O)c2cc3ccccc3c(/N=N/c3c(C#N)cnn3-c3ncccn3)c2O)cc(C(C)=O)c1. The second-order valence-corrected chi connectivity index (χ2v) is 8.80. The van der Waals surface area contributed by atoms with Gasteiger partial charge in [0.25, 0.3) is 11.9 Å². The molecule has 0 unspecified atom stereocenters. The van der Waals surface area contributed by atoms with Gasteiger partial charge in [0.05, 0.1) is 24.4 Å². The van der Waals surface area contributed by atoms with E-state index in [9.17, 15) is 24.8 Å². The Hall–Kier alpha value is -6.29. The first-order valence-electron chi connectivity index (χ1n) is 12.3. The van der Waals surface area contributed by atoms with Crippen molar-refractivity contribution in [1.29, 1.82) is 5.26 Å². The lowest BCUT2D eigenvalue weighted by molar-refractivity contribution is 0.0600. The van der Waals surface area contributed by atoms with Crippen molar-refractivity contribution in [3.8, 4) is 17.8 Å². The van der Waals surface area contributed by atoms with E-state index >= 15 is 0 Å². The van der Waals surface area contributed by atoms with Gasteiger partial charge in [0.2, 0.25) is 0 Å². The van der Waals surface area contributed by atoms with Crippen molar-refractivity contribution in [3.05, 3.63) is 95.4 Å². The quantitative estimate of drug-likeness (QED) is 0.156. The van der Waals surface area contributed by atoms with Gasteiger partial charge in [0.1, 0.15) is 17.3 Å². The number of carbonyl (C=O) groups is 3. The summed E-state index contributed by atoms with van der Waals surface area (Å²) in [5, 5.41) is 37.0. The Kier molecular flexibility index (Phi) is 7.43. The molecule has 0 aliphatic heterocycles. The number of nitrogens with zero attached hydrogens (tertiary/aromatic N) is 7. The first-order chi connectivity index (χ1) is 20.3. The maximum Gasteiger partial charge on any atom is 0.337 e. The molecule has 206 valence electrons. The van der Waals surface area contributed by atoms with Crippen LogP contribution >= 0.6 is 0 Å². The van der Waals surface area contributed by atoms with Crippen LogP contribution in [0.1, 0.15) is 43.6 Å². The fourth-order valence-electron chi connectivity index (χ4n) is 4.09. The van der Waals surface area contributed by atoms with Crippen LogP contribution in [0.15, 0.2) is 83.4 Å². The minimum atomic E-state index is -0.744. The summed E-state index contributed by atoms with van der Waals surface area (Å²) in [4.78, 5) is 45.8. The zero-order valence-corrected chi connectivity index (χ0v) is 22.1. The highest BCUT2D eigenvalue weighted by atomic mass is 16.5. The Morgan fingerprint density at radius 1 is 1.02 bits per heavy atom. The summed E-state index contributed by atoms with van der Waals surface area (Å²) in [6, 6.07) is 16.1. The molecule has 1 amide bonds. The fourth-order valence-corrected chi connectivity index (χ4v) is 4.09. The van der Waals surface area contributed by atoms with Crippen LogP contribution in [-0.2, 0) is 4.74 Å². The van der Waals surface area contributed by atoms with Gasteiger partial charge in [-0.25, -0.2) is 14.8 Å². The van der Waals surface area contributed by atoms with Crippen LogP contribution in [0.2, 0.25) is 0 Å². The van der Waals surface area contributed by atoms with Crippen LogP contribution in [0.4, 0.5) is 17.2 Å². The number of nitrogens with one attached hydrogen (secondary N) is 1. The number of hydrogen-bond donors (Lipinski definition) is 2. The first kappa shape index (κ1) is 27.3. The van der Waals surface area contributed by atoms with Crippen molar-refractivity contribution >= 4 is 45.6 Å². The molecule has 5 rings (SSSR count). The van der Waals surface area contributed by atoms with E-state index in [4.69, 9.17) is 4.74 Å². The van der Waals surface area contributed by atoms with E-state index in [0.29, 0.717) is 10.8 Å². The summed E-state index contributed by atoms with van der Waals surface area (Å²) < 4.78 is 5.97. The molecular formula is C29H20N8O5. The van der Waals surface area contributed by atoms with Crippen LogP contribution in [0, 0.1) is 11.3 Å². The van der Waals surface area contributed by atoms with Crippen LogP contribution in [0.25, 0.3) is 16.7 Å². The molecule has 0 atom stereocenters. The molecule has 2 heterocycles. The van der Waals surface area contributed by atoms with Crippen LogP contribution < -0.4 is 5.32 Å². The number of fused-ring (bicyclic) bond motifs is 1. The van der Waals surface area contributed by atoms with Crippen LogP contribution in [0.5, 0.6) is 5.75 Å². The maximum absolute atomic E-state index is 13.4. The highest BCUT2D eigenvalue weighted by Crippen LogP contribution is 2.40. The number of methoxy groups -OCH3 is 1. The van der Waals surface area contributed by atoms with Crippen molar-refractivity contribution in [3.63, 3.8) is 0 Å². The number of phenols is 1. The first-order valence-corrected chi connectivity index (χ1v) is 12.3. The molecule has 0 saturated carbocycles. The smallest absolute Gasteiger partial charge is 0.337 e. The molecule has 2 N–H and O–H groups in total. The summed E-state index contributed by atoms with van der Waals surface area (Å²) in [6.45, 7) is 1.32. The Labute approximate surface area is 237 Å². The van der Waals surface area contributed by atoms with E-state index in [0.717, 1.165) is 0 Å². The number of hydrogen-bond acceptors (Lipinski definition) is 11. The van der Waals surface area contributed by atoms with Crippen LogP contribution in [-0.4, -0.2) is 49.6 Å². The van der Waals surface area contributed by atoms with E-state index in [1.807, 2.05) is 6.07 Å². The van der Waals surface area contributed by atoms with Gasteiger partial charge in [-0.3, -0.25) is 9.59 Å². The van der Waals surface area contributed by atoms with Crippen molar-refractivity contribution in [2.24, 2.45) is 10.2 Å². The lowest BCUT2D eigenvalue weighted by Gasteiger charge is -2.12. The molecule has 0 bridgehead atoms. The van der Waals surface area contributed by atoms with Crippen LogP contribution in [0.3, 0.4) is 0 Å². The van der Waals surface area contributed by atoms with Gasteiger partial charge in [-0.05, 0) is 42.6 Å². The number of aromatic nitrogens is 4. The van der Waals surface area contributed by atoms with E-state index in [1.165, 1.54) is 61.6 Å². The van der Waals surface area contributed by atoms with Gasteiger partial charge in [0, 0.05) is 29.0 Å². The van der Waals surface area contributed by atoms with Gasteiger partial charge >= 0.3 is 5.97 Å². The normalized spacial score (nSPS) is 10.9. The third-order valence-electron chi connectivity index (χ3n) is 6.11. The van der Waals surface area contributed by atoms with E-state index in [-0.39, 0.29) is 51.2 Å². The lowest BCUT2D eigenvalue weighted by Crippen LogP contribution is -2.14. The molecular weight excluding hydrogens is 540 g/mol. The molecule has 0 fully saturated rings. The predicted molar refractivity (Wildman–Crippen MR) is 149 cm³/mol. The molecule has 0 spiro atoms. The number of nitriles is 1. The van der Waals surface area contributed by atoms with Crippen molar-refractivity contribution in [2.75, 3.05) is 12.4 Å². The molecule has 0 aliphatic rings. The molecule has 0 saturated heterocycles. The van der Waals surface area contributed by atoms with Crippen molar-refractivity contribution in [1.82, 2.24) is 19.7 Å². The molecule has 5 aromatic rings. The number of ketones is 1. The highest BCUT2D eigenvalue weighted by Gasteiger charge is 2.21. The fraction of sp³-hybridized carbons (Fsp3) is 0.0690. The number of anilines is 1. The Balaban J connectivity index is 1.59. The Morgan fingerprint density at radius 3 is 2.48 bits per heavy atom. The molecule has 0 aliphatic carbocycles. The topological polar surface area (TPSA) is 185 Å². The maximum atomic E-state index is 13.4. The van der Waals surface area contributed by atoms with Gasteiger partial charge in [0.15, 0.2) is 17.4 Å². The number of aromatic hydroxyl groups is 1. The number of Topliss-reactive ketones (excluding diaryl/α,β-unsaturated/α-hetero) is 1. The van der Waals surface area contributed by atoms with Gasteiger partial charge in [-0.1, -0.05) is 24.3 Å². The number of esters is 1. The number of carbonyl (C=O) groups excluding carboxylic acids is 3. The number of rotatable bonds is 7. The molecule has 13 nitrogen and oxygen atoms in total. The van der Waals surface area contributed by atoms with E-state index < -0.39 is 17.6 Å². The summed E-state index contributed by atoms with van der Waals surface area (Å²) in [7, 11) is 1.20. The third-order valence-corrected chi connectivity index (χ3v) is 6.11. The average molecular weight is 561 g/mol. The molecule has 13 heteroatoms. The average Bonchev–Trinajstić information content (AvgIpc) is 3.43. The third kappa shape index (κ3) is 5.27. The number of azo groups is 1.